The molecule has 1 heterocycles. The molecular weight excluding hydrogens is 302 g/mol. The van der Waals surface area contributed by atoms with Gasteiger partial charge in [0.1, 0.15) is 0 Å². The molecule has 1 aromatic carbocycles. The summed E-state index contributed by atoms with van der Waals surface area (Å²) in [5.74, 6) is -0.372. The smallest absolute Gasteiger partial charge is 0.358 e. The molecule has 2 aromatic rings. The average molecular weight is 312 g/mol. The monoisotopic (exact) mass is 311 g/mol. The van der Waals surface area contributed by atoms with Crippen LogP contribution in [0.2, 0.25) is 0 Å². The second-order valence-corrected chi connectivity index (χ2v) is 5.03. The van der Waals surface area contributed by atoms with Crippen LogP contribution in [0.15, 0.2) is 34.2 Å². The van der Waals surface area contributed by atoms with Crippen molar-refractivity contribution >= 4 is 33.2 Å². The first-order valence-electron chi connectivity index (χ1n) is 5.09. The molecule has 2 rings (SSSR count). The van der Waals surface area contributed by atoms with E-state index in [0.29, 0.717) is 12.3 Å². The van der Waals surface area contributed by atoms with Crippen LogP contribution in [0.3, 0.4) is 0 Å². The fourth-order valence-corrected chi connectivity index (χ4v) is 2.60. The Labute approximate surface area is 112 Å². The minimum Gasteiger partial charge on any atom is -0.461 e. The van der Waals surface area contributed by atoms with Gasteiger partial charge in [0.05, 0.1) is 17.0 Å². The molecule has 0 unspecified atom stereocenters. The number of hydrogen-bond acceptors (Lipinski definition) is 4. The Morgan fingerprint density at radius 3 is 3.06 bits per heavy atom. The number of aromatic nitrogens is 1. The summed E-state index contributed by atoms with van der Waals surface area (Å²) in [7, 11) is 0. The van der Waals surface area contributed by atoms with Gasteiger partial charge in [-0.3, -0.25) is 0 Å². The van der Waals surface area contributed by atoms with Crippen molar-refractivity contribution in [2.75, 3.05) is 6.61 Å². The molecule has 88 valence electrons. The van der Waals surface area contributed by atoms with Gasteiger partial charge in [-0.05, 0) is 24.6 Å². The minimum atomic E-state index is -0.372. The molecule has 0 N–H and O–H groups in total. The number of benzene rings is 1. The number of thiazole rings is 1. The molecule has 0 fully saturated rings. The van der Waals surface area contributed by atoms with Crippen LogP contribution in [0.25, 0.3) is 10.4 Å². The maximum Gasteiger partial charge on any atom is 0.358 e. The van der Waals surface area contributed by atoms with Gasteiger partial charge in [0.25, 0.3) is 0 Å². The van der Waals surface area contributed by atoms with E-state index in [1.807, 2.05) is 24.3 Å². The lowest BCUT2D eigenvalue weighted by Crippen LogP contribution is -2.06. The lowest BCUT2D eigenvalue weighted by atomic mass is 10.1. The zero-order valence-electron chi connectivity index (χ0n) is 9.14. The number of nitrogens with zero attached hydrogens (tertiary/aromatic N) is 1. The number of ether oxygens (including phenoxy) is 1. The van der Waals surface area contributed by atoms with E-state index in [1.54, 1.807) is 12.4 Å². The van der Waals surface area contributed by atoms with Crippen molar-refractivity contribution < 1.29 is 9.53 Å². The molecule has 0 atom stereocenters. The van der Waals surface area contributed by atoms with Crippen LogP contribution in [-0.4, -0.2) is 17.6 Å². The Kier molecular flexibility index (Phi) is 3.91. The number of esters is 1. The van der Waals surface area contributed by atoms with Gasteiger partial charge >= 0.3 is 5.97 Å². The SMILES string of the molecule is CCOC(=O)c1ncsc1-c1cccc(Br)c1. The van der Waals surface area contributed by atoms with E-state index in [-0.39, 0.29) is 5.97 Å². The molecule has 0 aliphatic carbocycles. The highest BCUT2D eigenvalue weighted by Crippen LogP contribution is 2.29. The van der Waals surface area contributed by atoms with Gasteiger partial charge in [0, 0.05) is 4.47 Å². The second kappa shape index (κ2) is 5.42. The Balaban J connectivity index is 2.40. The number of rotatable bonds is 3. The first kappa shape index (κ1) is 12.3. The zero-order valence-corrected chi connectivity index (χ0v) is 11.5. The topological polar surface area (TPSA) is 39.2 Å². The molecule has 0 radical (unpaired) electrons. The van der Waals surface area contributed by atoms with Crippen LogP contribution in [0, 0.1) is 0 Å². The maximum atomic E-state index is 11.7. The van der Waals surface area contributed by atoms with Crippen LogP contribution in [0.1, 0.15) is 17.4 Å². The number of hydrogen-bond donors (Lipinski definition) is 0. The van der Waals surface area contributed by atoms with E-state index in [0.717, 1.165) is 14.9 Å². The molecule has 3 nitrogen and oxygen atoms in total. The minimum absolute atomic E-state index is 0.355. The Morgan fingerprint density at radius 2 is 2.35 bits per heavy atom. The quantitative estimate of drug-likeness (QED) is 0.810. The lowest BCUT2D eigenvalue weighted by Gasteiger charge is -2.02. The molecule has 0 aliphatic rings. The largest absolute Gasteiger partial charge is 0.461 e. The first-order chi connectivity index (χ1) is 8.22. The molecular formula is C12H10BrNO2S. The number of carbonyl (C=O) groups excluding carboxylic acids is 1. The van der Waals surface area contributed by atoms with Crippen molar-refractivity contribution in [1.82, 2.24) is 4.98 Å². The van der Waals surface area contributed by atoms with E-state index in [9.17, 15) is 4.79 Å². The van der Waals surface area contributed by atoms with Crippen LogP contribution in [0.5, 0.6) is 0 Å². The van der Waals surface area contributed by atoms with Gasteiger partial charge in [-0.25, -0.2) is 9.78 Å². The maximum absolute atomic E-state index is 11.7. The molecule has 0 spiro atoms. The van der Waals surface area contributed by atoms with Gasteiger partial charge in [-0.15, -0.1) is 11.3 Å². The molecule has 5 heteroatoms. The van der Waals surface area contributed by atoms with Crippen molar-refractivity contribution in [2.24, 2.45) is 0 Å². The van der Waals surface area contributed by atoms with Crippen molar-refractivity contribution in [2.45, 2.75) is 6.92 Å². The van der Waals surface area contributed by atoms with Crippen LogP contribution < -0.4 is 0 Å². The highest BCUT2D eigenvalue weighted by atomic mass is 79.9. The zero-order chi connectivity index (χ0) is 12.3. The van der Waals surface area contributed by atoms with Gasteiger partial charge in [0.2, 0.25) is 0 Å². The molecule has 0 bridgehead atoms. The van der Waals surface area contributed by atoms with Gasteiger partial charge in [-0.1, -0.05) is 28.1 Å². The molecule has 0 aliphatic heterocycles. The van der Waals surface area contributed by atoms with Crippen molar-refractivity contribution in [3.8, 4) is 10.4 Å². The summed E-state index contributed by atoms with van der Waals surface area (Å²) in [6, 6.07) is 7.76. The molecule has 0 saturated carbocycles. The molecule has 0 saturated heterocycles. The van der Waals surface area contributed by atoms with Crippen molar-refractivity contribution in [1.29, 1.82) is 0 Å². The van der Waals surface area contributed by atoms with E-state index < -0.39 is 0 Å². The first-order valence-corrected chi connectivity index (χ1v) is 6.76. The summed E-state index contributed by atoms with van der Waals surface area (Å²) in [4.78, 5) is 16.6. The molecule has 0 amide bonds. The van der Waals surface area contributed by atoms with E-state index in [4.69, 9.17) is 4.74 Å². The van der Waals surface area contributed by atoms with Crippen LogP contribution in [-0.2, 0) is 4.74 Å². The van der Waals surface area contributed by atoms with Gasteiger partial charge in [-0.2, -0.15) is 0 Å². The fourth-order valence-electron chi connectivity index (χ4n) is 1.43. The van der Waals surface area contributed by atoms with Gasteiger partial charge in [0.15, 0.2) is 5.69 Å². The van der Waals surface area contributed by atoms with Gasteiger partial charge < -0.3 is 4.74 Å². The Morgan fingerprint density at radius 1 is 1.53 bits per heavy atom. The van der Waals surface area contributed by atoms with E-state index >= 15 is 0 Å². The summed E-state index contributed by atoms with van der Waals surface area (Å²) < 4.78 is 5.94. The van der Waals surface area contributed by atoms with E-state index in [2.05, 4.69) is 20.9 Å². The summed E-state index contributed by atoms with van der Waals surface area (Å²) in [6.45, 7) is 2.14. The Hall–Kier alpha value is -1.20. The molecule has 1 aromatic heterocycles. The van der Waals surface area contributed by atoms with E-state index in [1.165, 1.54) is 11.3 Å². The summed E-state index contributed by atoms with van der Waals surface area (Å²) in [6.07, 6.45) is 0. The predicted octanol–water partition coefficient (Wildman–Crippen LogP) is 3.75. The second-order valence-electron chi connectivity index (χ2n) is 3.26. The highest BCUT2D eigenvalue weighted by Gasteiger charge is 2.17. The Bertz CT molecular complexity index is 539. The average Bonchev–Trinajstić information content (AvgIpc) is 2.78. The highest BCUT2D eigenvalue weighted by molar-refractivity contribution is 9.10. The lowest BCUT2D eigenvalue weighted by molar-refractivity contribution is 0.0521. The fraction of sp³-hybridized carbons (Fsp3) is 0.167. The molecule has 17 heavy (non-hydrogen) atoms. The van der Waals surface area contributed by atoms with Crippen LogP contribution in [0.4, 0.5) is 0 Å². The third-order valence-corrected chi connectivity index (χ3v) is 3.49. The third-order valence-electron chi connectivity index (χ3n) is 2.12. The summed E-state index contributed by atoms with van der Waals surface area (Å²) in [5, 5.41) is 0. The van der Waals surface area contributed by atoms with Crippen molar-refractivity contribution in [3.63, 3.8) is 0 Å². The normalized spacial score (nSPS) is 10.2. The van der Waals surface area contributed by atoms with Crippen LogP contribution >= 0.6 is 27.3 Å². The summed E-state index contributed by atoms with van der Waals surface area (Å²) >= 11 is 4.84. The summed E-state index contributed by atoms with van der Waals surface area (Å²) in [5.41, 5.74) is 3.00. The third kappa shape index (κ3) is 2.73. The van der Waals surface area contributed by atoms with Crippen molar-refractivity contribution in [3.05, 3.63) is 39.9 Å². The predicted molar refractivity (Wildman–Crippen MR) is 71.2 cm³/mol. The number of carbonyl (C=O) groups is 1. The standard InChI is InChI=1S/C12H10BrNO2S/c1-2-16-12(15)10-11(17-7-14-10)8-4-3-5-9(13)6-8/h3-7H,2H2,1H3. The number of halogens is 1.